The van der Waals surface area contributed by atoms with Gasteiger partial charge in [0.25, 0.3) is 0 Å². The van der Waals surface area contributed by atoms with Crippen LogP contribution >= 0.6 is 0 Å². The van der Waals surface area contributed by atoms with E-state index in [1.807, 2.05) is 36.4 Å². The summed E-state index contributed by atoms with van der Waals surface area (Å²) in [6.07, 6.45) is 6.47. The first-order valence-corrected chi connectivity index (χ1v) is 9.99. The molecule has 28 heavy (non-hydrogen) atoms. The van der Waals surface area contributed by atoms with Crippen LogP contribution < -0.4 is 0 Å². The molecule has 0 saturated heterocycles. The predicted molar refractivity (Wildman–Crippen MR) is 119 cm³/mol. The molecule has 0 fully saturated rings. The van der Waals surface area contributed by atoms with E-state index < -0.39 is 0 Å². The topological polar surface area (TPSA) is 0 Å². The van der Waals surface area contributed by atoms with E-state index in [2.05, 4.69) is 64.1 Å². The minimum Gasteiger partial charge on any atom is -0.206 e. The number of hydrogen-bond donors (Lipinski definition) is 0. The summed E-state index contributed by atoms with van der Waals surface area (Å²) in [7, 11) is 0. The number of rotatable bonds is 6. The highest BCUT2D eigenvalue weighted by atomic mass is 19.1. The van der Waals surface area contributed by atoms with E-state index in [0.29, 0.717) is 5.56 Å². The van der Waals surface area contributed by atoms with Gasteiger partial charge < -0.3 is 0 Å². The van der Waals surface area contributed by atoms with Gasteiger partial charge in [-0.05, 0) is 60.4 Å². The van der Waals surface area contributed by atoms with Crippen molar-refractivity contribution in [2.45, 2.75) is 46.0 Å². The van der Waals surface area contributed by atoms with Gasteiger partial charge in [0.05, 0.1) is 0 Å². The lowest BCUT2D eigenvalue weighted by molar-refractivity contribution is 0.485. The third kappa shape index (κ3) is 4.59. The number of aryl methyl sites for hydroxylation is 1. The molecular formula is C27H29F. The highest BCUT2D eigenvalue weighted by molar-refractivity contribution is 5.71. The fourth-order valence-electron chi connectivity index (χ4n) is 3.53. The molecule has 0 aliphatic carbocycles. The first-order valence-electron chi connectivity index (χ1n) is 9.99. The van der Waals surface area contributed by atoms with E-state index in [9.17, 15) is 4.39 Å². The molecule has 1 heteroatoms. The maximum Gasteiger partial charge on any atom is 0.131 e. The van der Waals surface area contributed by atoms with Crippen molar-refractivity contribution in [1.82, 2.24) is 0 Å². The molecule has 0 saturated carbocycles. The molecule has 3 rings (SSSR count). The number of halogens is 1. The van der Waals surface area contributed by atoms with Gasteiger partial charge in [-0.15, -0.1) is 0 Å². The van der Waals surface area contributed by atoms with E-state index in [1.54, 1.807) is 6.07 Å². The van der Waals surface area contributed by atoms with Crippen molar-refractivity contribution < 1.29 is 4.39 Å². The van der Waals surface area contributed by atoms with Gasteiger partial charge >= 0.3 is 0 Å². The highest BCUT2D eigenvalue weighted by Gasteiger charge is 2.19. The van der Waals surface area contributed by atoms with Gasteiger partial charge in [-0.25, -0.2) is 4.39 Å². The molecule has 3 aromatic rings. The van der Waals surface area contributed by atoms with E-state index >= 15 is 0 Å². The molecule has 144 valence electrons. The van der Waals surface area contributed by atoms with Crippen molar-refractivity contribution in [3.63, 3.8) is 0 Å². The summed E-state index contributed by atoms with van der Waals surface area (Å²) in [6.45, 7) is 8.64. The molecule has 0 aliphatic heterocycles. The first-order chi connectivity index (χ1) is 13.4. The summed E-state index contributed by atoms with van der Waals surface area (Å²) >= 11 is 0. The van der Waals surface area contributed by atoms with Gasteiger partial charge in [0.1, 0.15) is 5.82 Å². The van der Waals surface area contributed by atoms with Crippen LogP contribution in [-0.2, 0) is 5.41 Å². The number of benzene rings is 3. The molecule has 0 unspecified atom stereocenters. The maximum absolute atomic E-state index is 14.8. The van der Waals surface area contributed by atoms with Gasteiger partial charge in [0.2, 0.25) is 0 Å². The second-order valence-corrected chi connectivity index (χ2v) is 8.13. The molecule has 0 amide bonds. The maximum atomic E-state index is 14.8. The molecular weight excluding hydrogens is 343 g/mol. The zero-order chi connectivity index (χ0) is 20.1. The van der Waals surface area contributed by atoms with Crippen molar-refractivity contribution in [1.29, 1.82) is 0 Å². The Hall–Kier alpha value is -2.67. The standard InChI is InChI=1S/C27H29F/c1-5-6-7-18-27(3,4)24-15-12-22(13-16-24)25-17-14-23(19-26(25)28)21-10-8-20(2)9-11-21/h5-6,8-17,19H,7,18H2,1-4H3. The second-order valence-electron chi connectivity index (χ2n) is 8.13. The first kappa shape index (κ1) is 20.1. The van der Waals surface area contributed by atoms with Gasteiger partial charge in [0, 0.05) is 5.56 Å². The van der Waals surface area contributed by atoms with Crippen LogP contribution in [0, 0.1) is 12.7 Å². The van der Waals surface area contributed by atoms with Crippen LogP contribution in [0.1, 0.15) is 44.7 Å². The Morgan fingerprint density at radius 2 is 1.43 bits per heavy atom. The Balaban J connectivity index is 1.83. The largest absolute Gasteiger partial charge is 0.206 e. The Morgan fingerprint density at radius 3 is 2.04 bits per heavy atom. The molecule has 0 N–H and O–H groups in total. The van der Waals surface area contributed by atoms with Crippen molar-refractivity contribution in [3.8, 4) is 22.3 Å². The highest BCUT2D eigenvalue weighted by Crippen LogP contribution is 2.32. The molecule has 0 spiro atoms. The Kier molecular flexibility index (Phi) is 6.14. The molecule has 0 radical (unpaired) electrons. The van der Waals surface area contributed by atoms with Crippen molar-refractivity contribution in [2.24, 2.45) is 0 Å². The van der Waals surface area contributed by atoms with Crippen molar-refractivity contribution >= 4 is 0 Å². The van der Waals surface area contributed by atoms with Crippen LogP contribution in [0.25, 0.3) is 22.3 Å². The number of allylic oxidation sites excluding steroid dienone is 2. The smallest absolute Gasteiger partial charge is 0.131 e. The summed E-state index contributed by atoms with van der Waals surface area (Å²) < 4.78 is 14.8. The van der Waals surface area contributed by atoms with Crippen LogP contribution in [0.15, 0.2) is 78.9 Å². The summed E-state index contributed by atoms with van der Waals surface area (Å²) in [6, 6.07) is 22.0. The lowest BCUT2D eigenvalue weighted by Crippen LogP contribution is -2.16. The average molecular weight is 373 g/mol. The Labute approximate surface area is 168 Å². The molecule has 0 atom stereocenters. The van der Waals surface area contributed by atoms with Gasteiger partial charge in [-0.2, -0.15) is 0 Å². The molecule has 0 bridgehead atoms. The molecule has 0 heterocycles. The SMILES string of the molecule is CC=CCCC(C)(C)c1ccc(-c2ccc(-c3ccc(C)cc3)cc2F)cc1. The minimum atomic E-state index is -0.182. The van der Waals surface area contributed by atoms with Crippen molar-refractivity contribution in [2.75, 3.05) is 0 Å². The van der Waals surface area contributed by atoms with E-state index in [4.69, 9.17) is 0 Å². The summed E-state index contributed by atoms with van der Waals surface area (Å²) in [5.74, 6) is -0.182. The predicted octanol–water partition coefficient (Wildman–Crippen LogP) is 8.10. The van der Waals surface area contributed by atoms with E-state index in [-0.39, 0.29) is 11.2 Å². The van der Waals surface area contributed by atoms with Crippen LogP contribution in [-0.4, -0.2) is 0 Å². The van der Waals surface area contributed by atoms with E-state index in [0.717, 1.165) is 29.5 Å². The third-order valence-electron chi connectivity index (χ3n) is 5.50. The van der Waals surface area contributed by atoms with Gasteiger partial charge in [-0.3, -0.25) is 0 Å². The average Bonchev–Trinajstić information content (AvgIpc) is 2.69. The summed E-state index contributed by atoms with van der Waals surface area (Å²) in [5.41, 5.74) is 6.10. The van der Waals surface area contributed by atoms with E-state index in [1.165, 1.54) is 11.1 Å². The minimum absolute atomic E-state index is 0.103. The fourth-order valence-corrected chi connectivity index (χ4v) is 3.53. The van der Waals surface area contributed by atoms with Crippen LogP contribution in [0.5, 0.6) is 0 Å². The lowest BCUT2D eigenvalue weighted by Gasteiger charge is -2.25. The summed E-state index contributed by atoms with van der Waals surface area (Å²) in [4.78, 5) is 0. The van der Waals surface area contributed by atoms with Crippen LogP contribution in [0.3, 0.4) is 0 Å². The summed E-state index contributed by atoms with van der Waals surface area (Å²) in [5, 5.41) is 0. The Bertz CT molecular complexity index is 945. The molecule has 0 nitrogen and oxygen atoms in total. The van der Waals surface area contributed by atoms with Crippen LogP contribution in [0.2, 0.25) is 0 Å². The van der Waals surface area contributed by atoms with Crippen LogP contribution in [0.4, 0.5) is 4.39 Å². The quantitative estimate of drug-likeness (QED) is 0.383. The normalized spacial score (nSPS) is 11.9. The fraction of sp³-hybridized carbons (Fsp3) is 0.259. The van der Waals surface area contributed by atoms with Crippen molar-refractivity contribution in [3.05, 3.63) is 95.8 Å². The molecule has 0 aliphatic rings. The lowest BCUT2D eigenvalue weighted by atomic mass is 9.80. The van der Waals surface area contributed by atoms with Gasteiger partial charge in [-0.1, -0.05) is 92.2 Å². The number of hydrogen-bond acceptors (Lipinski definition) is 0. The Morgan fingerprint density at radius 1 is 0.821 bits per heavy atom. The third-order valence-corrected chi connectivity index (χ3v) is 5.50. The monoisotopic (exact) mass is 372 g/mol. The second kappa shape index (κ2) is 8.56. The molecule has 0 aromatic heterocycles. The zero-order valence-electron chi connectivity index (χ0n) is 17.3. The van der Waals surface area contributed by atoms with Gasteiger partial charge in [0.15, 0.2) is 0 Å². The molecule has 3 aromatic carbocycles. The zero-order valence-corrected chi connectivity index (χ0v) is 17.3.